The summed E-state index contributed by atoms with van der Waals surface area (Å²) in [5, 5.41) is 0.828. The second-order valence-electron chi connectivity index (χ2n) is 5.84. The maximum atomic E-state index is 13.5. The van der Waals surface area contributed by atoms with E-state index < -0.39 is 0 Å². The smallest absolute Gasteiger partial charge is 0.265 e. The fraction of sp³-hybridized carbons (Fsp3) is 0. The molecule has 0 aromatic heterocycles. The van der Waals surface area contributed by atoms with Gasteiger partial charge < -0.3 is 0 Å². The van der Waals surface area contributed by atoms with Crippen LogP contribution >= 0.6 is 34.8 Å². The lowest BCUT2D eigenvalue weighted by Crippen LogP contribution is -2.27. The van der Waals surface area contributed by atoms with Crippen LogP contribution in [0.1, 0.15) is 21.5 Å². The number of halogens is 3. The predicted octanol–water partition coefficient (Wildman–Crippen LogP) is 7.11. The molecule has 0 radical (unpaired) electrons. The number of hydrogen-bond acceptors (Lipinski definition) is 1. The number of nitrogens with zero attached hydrogens (tertiary/aromatic N) is 1. The maximum Gasteiger partial charge on any atom is 0.265 e. The van der Waals surface area contributed by atoms with Gasteiger partial charge in [0.1, 0.15) is 0 Å². The molecule has 1 aliphatic heterocycles. The number of hydrogen-bond donors (Lipinski definition) is 0. The van der Waals surface area contributed by atoms with Crippen molar-refractivity contribution in [2.75, 3.05) is 4.90 Å². The molecule has 3 aromatic carbocycles. The van der Waals surface area contributed by atoms with Gasteiger partial charge in [0.2, 0.25) is 0 Å². The molecule has 1 amide bonds. The summed E-state index contributed by atoms with van der Waals surface area (Å²) in [6, 6.07) is 18.4. The quantitative estimate of drug-likeness (QED) is 0.426. The van der Waals surface area contributed by atoms with Crippen molar-refractivity contribution in [2.24, 2.45) is 0 Å². The number of anilines is 2. The summed E-state index contributed by atoms with van der Waals surface area (Å²) in [5.74, 6) is -0.305. The van der Waals surface area contributed by atoms with Crippen LogP contribution in [0.25, 0.3) is 12.2 Å². The Bertz CT molecular complexity index is 986. The highest BCUT2D eigenvalue weighted by molar-refractivity contribution is 6.43. The summed E-state index contributed by atoms with van der Waals surface area (Å²) in [6.45, 7) is 0. The zero-order valence-corrected chi connectivity index (χ0v) is 15.7. The van der Waals surface area contributed by atoms with E-state index in [4.69, 9.17) is 34.8 Å². The highest BCUT2D eigenvalue weighted by Gasteiger charge is 2.28. The summed E-state index contributed by atoms with van der Waals surface area (Å²) in [5.41, 5.74) is 3.61. The van der Waals surface area contributed by atoms with Crippen molar-refractivity contribution in [3.63, 3.8) is 0 Å². The Morgan fingerprint density at radius 1 is 0.731 bits per heavy atom. The lowest BCUT2D eigenvalue weighted by molar-refractivity contribution is 0.0999. The van der Waals surface area contributed by atoms with Gasteiger partial charge in [-0.2, -0.15) is 0 Å². The topological polar surface area (TPSA) is 20.3 Å². The molecule has 1 aliphatic rings. The second-order valence-corrected chi connectivity index (χ2v) is 7.09. The van der Waals surface area contributed by atoms with Crippen molar-refractivity contribution in [3.8, 4) is 0 Å². The van der Waals surface area contributed by atoms with Crippen LogP contribution < -0.4 is 4.90 Å². The van der Waals surface area contributed by atoms with Crippen LogP contribution in [-0.2, 0) is 0 Å². The van der Waals surface area contributed by atoms with Crippen molar-refractivity contribution in [3.05, 3.63) is 92.4 Å². The molecule has 4 rings (SSSR count). The van der Waals surface area contributed by atoms with Crippen LogP contribution in [-0.4, -0.2) is 5.91 Å². The van der Waals surface area contributed by atoms with Crippen molar-refractivity contribution >= 4 is 64.2 Å². The van der Waals surface area contributed by atoms with E-state index in [2.05, 4.69) is 0 Å². The number of benzene rings is 3. The van der Waals surface area contributed by atoms with Gasteiger partial charge in [0.15, 0.2) is 0 Å². The zero-order chi connectivity index (χ0) is 18.3. The monoisotopic (exact) mass is 399 g/mol. The van der Waals surface area contributed by atoms with Crippen LogP contribution in [0, 0.1) is 0 Å². The molecule has 0 fully saturated rings. The number of carbonyl (C=O) groups excluding carboxylic acids is 1. The van der Waals surface area contributed by atoms with Crippen LogP contribution in [0.5, 0.6) is 0 Å². The standard InChI is InChI=1S/C21H12Cl3NO/c22-15-11-16(23)20(17(24)12-15)21(26)25-18-7-3-1-5-13(18)9-10-14-6-2-4-8-19(14)25/h1-12H. The van der Waals surface area contributed by atoms with Crippen molar-refractivity contribution in [1.82, 2.24) is 0 Å². The molecule has 2 nitrogen and oxygen atoms in total. The van der Waals surface area contributed by atoms with E-state index in [1.54, 1.807) is 4.90 Å². The summed E-state index contributed by atoms with van der Waals surface area (Å²) in [4.78, 5) is 15.2. The van der Waals surface area contributed by atoms with Crippen molar-refractivity contribution < 1.29 is 4.79 Å². The zero-order valence-electron chi connectivity index (χ0n) is 13.4. The lowest BCUT2D eigenvalue weighted by atomic mass is 10.1. The first-order valence-electron chi connectivity index (χ1n) is 7.91. The molecule has 0 spiro atoms. The summed E-state index contributed by atoms with van der Waals surface area (Å²) < 4.78 is 0. The van der Waals surface area contributed by atoms with Gasteiger partial charge in [-0.25, -0.2) is 0 Å². The second kappa shape index (κ2) is 6.81. The number of para-hydroxylation sites is 2. The lowest BCUT2D eigenvalue weighted by Gasteiger charge is -2.26. The molecule has 0 aliphatic carbocycles. The van der Waals surface area contributed by atoms with Crippen LogP contribution in [0.2, 0.25) is 15.1 Å². The van der Waals surface area contributed by atoms with Gasteiger partial charge in [0.05, 0.1) is 27.0 Å². The van der Waals surface area contributed by atoms with Crippen LogP contribution in [0.3, 0.4) is 0 Å². The third-order valence-electron chi connectivity index (χ3n) is 4.22. The molecule has 26 heavy (non-hydrogen) atoms. The first-order chi connectivity index (χ1) is 12.6. The fourth-order valence-electron chi connectivity index (χ4n) is 3.05. The van der Waals surface area contributed by atoms with Gasteiger partial charge in [-0.15, -0.1) is 0 Å². The minimum Gasteiger partial charge on any atom is -0.276 e. The van der Waals surface area contributed by atoms with E-state index in [0.29, 0.717) is 5.02 Å². The molecule has 1 heterocycles. The Kier molecular flexibility index (Phi) is 4.49. The van der Waals surface area contributed by atoms with Crippen LogP contribution in [0.4, 0.5) is 11.4 Å². The summed E-state index contributed by atoms with van der Waals surface area (Å²) in [6.07, 6.45) is 3.99. The normalized spacial score (nSPS) is 12.3. The Hall–Kier alpha value is -2.26. The van der Waals surface area contributed by atoms with Crippen molar-refractivity contribution in [2.45, 2.75) is 0 Å². The van der Waals surface area contributed by atoms with E-state index in [0.717, 1.165) is 22.5 Å². The first-order valence-corrected chi connectivity index (χ1v) is 9.05. The number of fused-ring (bicyclic) bond motifs is 2. The van der Waals surface area contributed by atoms with Gasteiger partial charge in [-0.3, -0.25) is 9.69 Å². The SMILES string of the molecule is O=C(c1c(Cl)cc(Cl)cc1Cl)N1c2ccccc2C=Cc2ccccc21. The third-order valence-corrected chi connectivity index (χ3v) is 5.04. The van der Waals surface area contributed by atoms with E-state index in [-0.39, 0.29) is 21.5 Å². The molecular formula is C21H12Cl3NO. The average molecular weight is 401 g/mol. The highest BCUT2D eigenvalue weighted by Crippen LogP contribution is 2.39. The van der Waals surface area contributed by atoms with Gasteiger partial charge in [0, 0.05) is 5.02 Å². The minimum absolute atomic E-state index is 0.222. The molecule has 0 atom stereocenters. The van der Waals surface area contributed by atoms with E-state index in [1.807, 2.05) is 60.7 Å². The molecule has 0 bridgehead atoms. The molecule has 0 saturated heterocycles. The Morgan fingerprint density at radius 2 is 1.19 bits per heavy atom. The molecule has 128 valence electrons. The molecule has 0 N–H and O–H groups in total. The number of carbonyl (C=O) groups is 1. The predicted molar refractivity (Wildman–Crippen MR) is 110 cm³/mol. The molecule has 3 aromatic rings. The first kappa shape index (κ1) is 17.2. The highest BCUT2D eigenvalue weighted by atomic mass is 35.5. The van der Waals surface area contributed by atoms with Gasteiger partial charge in [0.25, 0.3) is 5.91 Å². The van der Waals surface area contributed by atoms with Gasteiger partial charge >= 0.3 is 0 Å². The van der Waals surface area contributed by atoms with E-state index in [1.165, 1.54) is 12.1 Å². The van der Waals surface area contributed by atoms with E-state index >= 15 is 0 Å². The summed E-state index contributed by atoms with van der Waals surface area (Å²) >= 11 is 18.6. The molecule has 0 unspecified atom stereocenters. The van der Waals surface area contributed by atoms with Crippen LogP contribution in [0.15, 0.2) is 60.7 Å². The fourth-order valence-corrected chi connectivity index (χ4v) is 4.03. The minimum atomic E-state index is -0.305. The third kappa shape index (κ3) is 2.90. The number of amides is 1. The number of rotatable bonds is 1. The largest absolute Gasteiger partial charge is 0.276 e. The Balaban J connectivity index is 1.97. The van der Waals surface area contributed by atoms with Crippen molar-refractivity contribution in [1.29, 1.82) is 0 Å². The summed E-state index contributed by atoms with van der Waals surface area (Å²) in [7, 11) is 0. The van der Waals surface area contributed by atoms with E-state index in [9.17, 15) is 4.79 Å². The maximum absolute atomic E-state index is 13.5. The molecule has 0 saturated carbocycles. The van der Waals surface area contributed by atoms with Gasteiger partial charge in [-0.05, 0) is 35.4 Å². The molecule has 5 heteroatoms. The Morgan fingerprint density at radius 3 is 1.69 bits per heavy atom. The average Bonchev–Trinajstić information content (AvgIpc) is 2.77. The Labute approximate surface area is 166 Å². The van der Waals surface area contributed by atoms with Gasteiger partial charge in [-0.1, -0.05) is 83.4 Å². The molecular weight excluding hydrogens is 389 g/mol.